The maximum absolute atomic E-state index is 12.9. The molecule has 280 valence electrons. The van der Waals surface area contributed by atoms with E-state index in [1.165, 1.54) is 64.5 Å². The molecule has 53 heavy (non-hydrogen) atoms. The summed E-state index contributed by atoms with van der Waals surface area (Å²) in [5, 5.41) is 6.30. The number of hydrogen-bond donors (Lipinski definition) is 3. The van der Waals surface area contributed by atoms with E-state index in [1.54, 1.807) is 22.3 Å². The first kappa shape index (κ1) is 34.9. The van der Waals surface area contributed by atoms with Gasteiger partial charge < -0.3 is 16.4 Å². The van der Waals surface area contributed by atoms with Gasteiger partial charge in [0, 0.05) is 48.5 Å². The molecule has 3 aromatic rings. The van der Waals surface area contributed by atoms with Crippen LogP contribution in [-0.2, 0) is 6.54 Å². The van der Waals surface area contributed by atoms with Gasteiger partial charge in [-0.2, -0.15) is 0 Å². The topological polar surface area (TPSA) is 93.9 Å². The minimum atomic E-state index is -0.381. The number of carbonyl (C=O) groups is 2. The molecule has 8 heteroatoms. The zero-order valence-electron chi connectivity index (χ0n) is 31.3. The smallest absolute Gasteiger partial charge is 0.319 e. The minimum absolute atomic E-state index is 0.0959. The van der Waals surface area contributed by atoms with Gasteiger partial charge >= 0.3 is 12.1 Å². The summed E-state index contributed by atoms with van der Waals surface area (Å²) in [4.78, 5) is 32.9. The van der Waals surface area contributed by atoms with Gasteiger partial charge in [0.05, 0.1) is 0 Å². The van der Waals surface area contributed by atoms with E-state index in [9.17, 15) is 9.59 Å². The van der Waals surface area contributed by atoms with Crippen molar-refractivity contribution in [1.82, 2.24) is 20.4 Å². The fourth-order valence-electron chi connectivity index (χ4n) is 11.6. The summed E-state index contributed by atoms with van der Waals surface area (Å²) in [6.07, 6.45) is 16.4. The molecule has 0 unspecified atom stereocenters. The van der Waals surface area contributed by atoms with Crippen molar-refractivity contribution in [3.8, 4) is 0 Å². The molecule has 2 aliphatic carbocycles. The summed E-state index contributed by atoms with van der Waals surface area (Å²) >= 11 is 0. The Morgan fingerprint density at radius 3 is 1.51 bits per heavy atom. The molecule has 0 spiro atoms. The Morgan fingerprint density at radius 1 is 0.604 bits per heavy atom. The molecule has 4 fully saturated rings. The summed E-state index contributed by atoms with van der Waals surface area (Å²) in [6, 6.07) is 28.5. The zero-order chi connectivity index (χ0) is 35.9. The molecule has 4 aliphatic heterocycles. The zero-order valence-corrected chi connectivity index (χ0v) is 31.3. The fraction of sp³-hybridized carbons (Fsp3) is 0.556. The molecule has 4 amide bonds. The van der Waals surface area contributed by atoms with Crippen LogP contribution in [0.15, 0.2) is 72.8 Å². The van der Waals surface area contributed by atoms with Gasteiger partial charge in [0.2, 0.25) is 0 Å². The van der Waals surface area contributed by atoms with Crippen LogP contribution in [0.5, 0.6) is 0 Å². The Kier molecular flexibility index (Phi) is 9.93. The molecule has 4 N–H and O–H groups in total. The molecule has 3 aromatic carbocycles. The van der Waals surface area contributed by atoms with Crippen LogP contribution in [-0.4, -0.2) is 47.0 Å². The second kappa shape index (κ2) is 15.1. The van der Waals surface area contributed by atoms with Gasteiger partial charge in [-0.1, -0.05) is 60.7 Å². The molecular weight excluding hydrogens is 657 g/mol. The van der Waals surface area contributed by atoms with E-state index in [-0.39, 0.29) is 24.1 Å². The number of carbonyl (C=O) groups excluding carboxylic acids is 2. The number of benzene rings is 3. The lowest BCUT2D eigenvalue weighted by Crippen LogP contribution is -2.45. The summed E-state index contributed by atoms with van der Waals surface area (Å²) in [7, 11) is 0. The highest BCUT2D eigenvalue weighted by Gasteiger charge is 2.44. The Hall–Kier alpha value is -3.88. The third kappa shape index (κ3) is 6.98. The summed E-state index contributed by atoms with van der Waals surface area (Å²) in [5.41, 5.74) is 14.1. The molecule has 9 rings (SSSR count). The summed E-state index contributed by atoms with van der Waals surface area (Å²) in [6.45, 7) is 2.82. The van der Waals surface area contributed by atoms with Gasteiger partial charge in [-0.15, -0.1) is 0 Å². The number of fused-ring (bicyclic) bond motifs is 10. The first-order valence-electron chi connectivity index (χ1n) is 20.9. The Morgan fingerprint density at radius 2 is 1.06 bits per heavy atom. The normalized spacial score (nSPS) is 30.2. The molecule has 6 aliphatic rings. The average molecular weight is 715 g/mol. The average Bonchev–Trinajstić information content (AvgIpc) is 3.95. The van der Waals surface area contributed by atoms with E-state index in [0.717, 1.165) is 55.7 Å². The molecule has 4 heterocycles. The largest absolute Gasteiger partial charge is 0.351 e. The molecule has 0 aromatic heterocycles. The fourth-order valence-corrected chi connectivity index (χ4v) is 11.6. The minimum Gasteiger partial charge on any atom is -0.351 e. The second-order valence-electron chi connectivity index (χ2n) is 17.1. The molecule has 0 radical (unpaired) electrons. The van der Waals surface area contributed by atoms with Gasteiger partial charge in [-0.25, -0.2) is 9.59 Å². The maximum Gasteiger partial charge on any atom is 0.319 e. The van der Waals surface area contributed by atoms with Gasteiger partial charge in [0.1, 0.15) is 0 Å². The van der Waals surface area contributed by atoms with Gasteiger partial charge in [0.15, 0.2) is 0 Å². The lowest BCUT2D eigenvalue weighted by atomic mass is 9.83. The van der Waals surface area contributed by atoms with Crippen molar-refractivity contribution in [1.29, 1.82) is 0 Å². The van der Waals surface area contributed by atoms with E-state index < -0.39 is 0 Å². The highest BCUT2D eigenvalue weighted by molar-refractivity contribution is 5.91. The SMILES string of the molecule is NC(=O)N(c1ccc(CNC(=O)NC2CCC(CCN3[C@@H]4CC[C@H]3c3ccccc34)CC2)cc1)C1CCC(CCN2[C@@H]3CC[C@H]2c2ccccc23)CC1. The molecule has 2 saturated carbocycles. The highest BCUT2D eigenvalue weighted by Crippen LogP contribution is 2.54. The van der Waals surface area contributed by atoms with Crippen molar-refractivity contribution in [2.24, 2.45) is 17.6 Å². The van der Waals surface area contributed by atoms with Gasteiger partial charge in [0.25, 0.3) is 0 Å². The second-order valence-corrected chi connectivity index (χ2v) is 17.1. The van der Waals surface area contributed by atoms with Gasteiger partial charge in [-0.05, 0) is 155 Å². The number of anilines is 1. The standard InChI is InChI=1S/C45H58N6O2/c46-44(52)51(34-17-11-31(12-18-34)26-28-50-42-23-24-43(50)39-8-4-3-7-38(39)42)35-19-13-32(14-20-35)29-47-45(53)48-33-15-9-30(10-16-33)25-27-49-40-21-22-41(49)37-6-2-1-5-36(37)40/h1-8,13-14,19-20,30-31,33-34,40-43H,9-12,15-18,21-29H2,(H2,46,52)(H2,47,48,53)/t30?,31?,33?,34?,40-,41+,42-,43+. The first-order chi connectivity index (χ1) is 26.0. The van der Waals surface area contributed by atoms with Crippen LogP contribution in [0, 0.1) is 11.8 Å². The van der Waals surface area contributed by atoms with Crippen molar-refractivity contribution < 1.29 is 9.59 Å². The number of nitrogens with two attached hydrogens (primary N) is 1. The van der Waals surface area contributed by atoms with Crippen LogP contribution in [0.4, 0.5) is 15.3 Å². The van der Waals surface area contributed by atoms with E-state index >= 15 is 0 Å². The summed E-state index contributed by atoms with van der Waals surface area (Å²) < 4.78 is 0. The van der Waals surface area contributed by atoms with Gasteiger partial charge in [-0.3, -0.25) is 14.7 Å². The Bertz CT molecular complexity index is 1700. The van der Waals surface area contributed by atoms with Crippen LogP contribution in [0.2, 0.25) is 0 Å². The van der Waals surface area contributed by atoms with Crippen LogP contribution in [0.1, 0.15) is 142 Å². The number of nitrogens with one attached hydrogen (secondary N) is 2. The number of nitrogens with zero attached hydrogens (tertiary/aromatic N) is 3. The monoisotopic (exact) mass is 714 g/mol. The lowest BCUT2D eigenvalue weighted by Gasteiger charge is -2.36. The highest BCUT2D eigenvalue weighted by atomic mass is 16.2. The third-order valence-corrected chi connectivity index (χ3v) is 14.3. The number of primary amides is 1. The van der Waals surface area contributed by atoms with E-state index in [1.807, 2.05) is 29.2 Å². The summed E-state index contributed by atoms with van der Waals surface area (Å²) in [5.74, 6) is 1.45. The maximum atomic E-state index is 12.9. The van der Waals surface area contributed by atoms with E-state index in [2.05, 4.69) is 69.0 Å². The Labute approximate surface area is 315 Å². The van der Waals surface area contributed by atoms with Crippen LogP contribution < -0.4 is 21.3 Å². The molecule has 8 nitrogen and oxygen atoms in total. The molecular formula is C45H58N6O2. The first-order valence-corrected chi connectivity index (χ1v) is 20.9. The predicted molar refractivity (Wildman–Crippen MR) is 210 cm³/mol. The lowest BCUT2D eigenvalue weighted by molar-refractivity contribution is 0.185. The molecule has 4 bridgehead atoms. The van der Waals surface area contributed by atoms with Crippen molar-refractivity contribution in [3.05, 3.63) is 101 Å². The van der Waals surface area contributed by atoms with E-state index in [4.69, 9.17) is 5.73 Å². The quantitative estimate of drug-likeness (QED) is 0.185. The van der Waals surface area contributed by atoms with Crippen molar-refractivity contribution in [3.63, 3.8) is 0 Å². The van der Waals surface area contributed by atoms with Crippen molar-refractivity contribution in [2.45, 2.75) is 133 Å². The predicted octanol–water partition coefficient (Wildman–Crippen LogP) is 9.05. The van der Waals surface area contributed by atoms with Crippen molar-refractivity contribution in [2.75, 3.05) is 18.0 Å². The van der Waals surface area contributed by atoms with E-state index in [0.29, 0.717) is 36.6 Å². The number of hydrogen-bond acceptors (Lipinski definition) is 4. The van der Waals surface area contributed by atoms with Crippen LogP contribution >= 0.6 is 0 Å². The molecule has 2 saturated heterocycles. The number of amides is 4. The molecule has 4 atom stereocenters. The van der Waals surface area contributed by atoms with Crippen LogP contribution in [0.25, 0.3) is 0 Å². The van der Waals surface area contributed by atoms with Crippen LogP contribution in [0.3, 0.4) is 0 Å². The van der Waals surface area contributed by atoms with Crippen molar-refractivity contribution >= 4 is 17.7 Å². The third-order valence-electron chi connectivity index (χ3n) is 14.3. The Balaban J connectivity index is 0.686. The number of rotatable bonds is 11. The number of urea groups is 2.